The Bertz CT molecular complexity index is 1150. The zero-order chi connectivity index (χ0) is 51.3. The van der Waals surface area contributed by atoms with Gasteiger partial charge in [0.15, 0.2) is 0 Å². The summed E-state index contributed by atoms with van der Waals surface area (Å²) in [6.07, 6.45) is 65.4. The van der Waals surface area contributed by atoms with E-state index in [1.165, 1.54) is 257 Å². The van der Waals surface area contributed by atoms with Crippen LogP contribution < -0.4 is 10.2 Å². The number of aliphatic hydroxyl groups excluding tert-OH is 1. The van der Waals surface area contributed by atoms with Crippen LogP contribution in [0, 0.1) is 0 Å². The van der Waals surface area contributed by atoms with Gasteiger partial charge in [0.25, 0.3) is 7.82 Å². The minimum Gasteiger partial charge on any atom is -0.756 e. The third kappa shape index (κ3) is 55.0. The Morgan fingerprint density at radius 3 is 1.11 bits per heavy atom. The van der Waals surface area contributed by atoms with Crippen molar-refractivity contribution in [3.05, 3.63) is 12.2 Å². The maximum Gasteiger partial charge on any atom is 0.268 e. The molecule has 8 nitrogen and oxygen atoms in total. The molecule has 0 aliphatic rings. The van der Waals surface area contributed by atoms with E-state index < -0.39 is 20.0 Å². The van der Waals surface area contributed by atoms with Gasteiger partial charge in [0.2, 0.25) is 5.91 Å². The molecule has 0 spiro atoms. The van der Waals surface area contributed by atoms with Gasteiger partial charge in [0, 0.05) is 6.42 Å². The van der Waals surface area contributed by atoms with Crippen molar-refractivity contribution in [1.82, 2.24) is 5.32 Å². The summed E-state index contributed by atoms with van der Waals surface area (Å²) in [5.41, 5.74) is 0. The van der Waals surface area contributed by atoms with Crippen LogP contribution in [0.2, 0.25) is 0 Å². The average Bonchev–Trinajstić information content (AvgIpc) is 3.32. The first-order valence-corrected chi connectivity index (χ1v) is 32.5. The molecule has 0 bridgehead atoms. The Labute approximate surface area is 437 Å². The smallest absolute Gasteiger partial charge is 0.268 e. The SMILES string of the molecule is CCCCCCCCCCCCCC/C=C\CCCCCCCCCC(=O)NC(COP(=O)([O-])OCC[N+](C)(C)C)C(O)CCCCCCCCCCCCCCCCCCCCCCCCCCC. The van der Waals surface area contributed by atoms with E-state index in [2.05, 4.69) is 31.3 Å². The molecule has 3 atom stereocenters. The molecule has 0 aliphatic heterocycles. The van der Waals surface area contributed by atoms with E-state index in [0.717, 1.165) is 38.5 Å². The van der Waals surface area contributed by atoms with Crippen LogP contribution in [-0.2, 0) is 18.4 Å². The molecule has 2 N–H and O–H groups in total. The van der Waals surface area contributed by atoms with Crippen molar-refractivity contribution in [1.29, 1.82) is 0 Å². The van der Waals surface area contributed by atoms with Gasteiger partial charge in [0.1, 0.15) is 13.2 Å². The lowest BCUT2D eigenvalue weighted by atomic mass is 10.0. The quantitative estimate of drug-likeness (QED) is 0.0272. The fourth-order valence-electron chi connectivity index (χ4n) is 9.63. The first-order chi connectivity index (χ1) is 34.0. The van der Waals surface area contributed by atoms with Crippen LogP contribution in [0.5, 0.6) is 0 Å². The number of nitrogens with one attached hydrogen (secondary N) is 1. The van der Waals surface area contributed by atoms with Crippen molar-refractivity contribution in [3.63, 3.8) is 0 Å². The number of hydrogen-bond acceptors (Lipinski definition) is 6. The molecule has 0 heterocycles. The van der Waals surface area contributed by atoms with E-state index in [0.29, 0.717) is 23.9 Å². The molecule has 0 fully saturated rings. The lowest BCUT2D eigenvalue weighted by molar-refractivity contribution is -0.870. The number of unbranched alkanes of at least 4 members (excludes halogenated alkanes) is 43. The van der Waals surface area contributed by atoms with Gasteiger partial charge in [-0.2, -0.15) is 0 Å². The molecule has 0 aromatic carbocycles. The Balaban J connectivity index is 4.11. The molecule has 9 heteroatoms. The van der Waals surface area contributed by atoms with Gasteiger partial charge in [-0.05, 0) is 38.5 Å². The van der Waals surface area contributed by atoms with Crippen LogP contribution in [0.4, 0.5) is 0 Å². The topological polar surface area (TPSA) is 108 Å². The highest BCUT2D eigenvalue weighted by molar-refractivity contribution is 7.45. The molecular formula is C61H123N2O6P. The van der Waals surface area contributed by atoms with Gasteiger partial charge >= 0.3 is 0 Å². The molecule has 0 saturated heterocycles. The molecule has 0 aliphatic carbocycles. The zero-order valence-corrected chi connectivity index (χ0v) is 48.6. The van der Waals surface area contributed by atoms with Crippen LogP contribution in [0.3, 0.4) is 0 Å². The maximum atomic E-state index is 13.0. The lowest BCUT2D eigenvalue weighted by Gasteiger charge is -2.30. The standard InChI is InChI=1S/C61H123N2O6P/c1-6-8-10-12-14-16-18-20-22-24-26-28-30-31-33-34-36-38-40-42-44-46-48-50-52-54-60(64)59(58-69-70(66,67)68-57-56-63(3,4)5)62-61(65)55-53-51-49-47-45-43-41-39-37-35-32-29-27-25-23-21-19-17-15-13-11-9-7-2/h35,37,59-60,64H,6-34,36,38-58H2,1-5H3,(H-,62,65,66,67)/b37-35-. The van der Waals surface area contributed by atoms with Crippen molar-refractivity contribution < 1.29 is 32.9 Å². The summed E-state index contributed by atoms with van der Waals surface area (Å²) in [6, 6.07) is -0.801. The van der Waals surface area contributed by atoms with Gasteiger partial charge in [-0.25, -0.2) is 0 Å². The van der Waals surface area contributed by atoms with Crippen LogP contribution in [0.1, 0.15) is 322 Å². The van der Waals surface area contributed by atoms with Gasteiger partial charge < -0.3 is 28.8 Å². The van der Waals surface area contributed by atoms with Crippen LogP contribution >= 0.6 is 7.82 Å². The summed E-state index contributed by atoms with van der Waals surface area (Å²) in [7, 11) is 1.32. The maximum absolute atomic E-state index is 13.0. The zero-order valence-electron chi connectivity index (χ0n) is 47.8. The summed E-state index contributed by atoms with van der Waals surface area (Å²) >= 11 is 0. The van der Waals surface area contributed by atoms with Crippen molar-refractivity contribution in [3.8, 4) is 0 Å². The Morgan fingerprint density at radius 2 is 0.786 bits per heavy atom. The van der Waals surface area contributed by atoms with Crippen LogP contribution in [-0.4, -0.2) is 68.5 Å². The van der Waals surface area contributed by atoms with Crippen molar-refractivity contribution in [2.75, 3.05) is 40.9 Å². The molecule has 0 radical (unpaired) electrons. The summed E-state index contributed by atoms with van der Waals surface area (Å²) in [5.74, 6) is -0.163. The molecule has 70 heavy (non-hydrogen) atoms. The summed E-state index contributed by atoms with van der Waals surface area (Å²) in [5, 5.41) is 14.1. The number of aliphatic hydroxyl groups is 1. The third-order valence-corrected chi connectivity index (χ3v) is 15.5. The summed E-state index contributed by atoms with van der Waals surface area (Å²) in [6.45, 7) is 4.78. The minimum atomic E-state index is -4.57. The number of phosphoric ester groups is 1. The lowest BCUT2D eigenvalue weighted by Crippen LogP contribution is -2.46. The van der Waals surface area contributed by atoms with E-state index in [1.54, 1.807) is 0 Å². The van der Waals surface area contributed by atoms with E-state index in [1.807, 2.05) is 21.1 Å². The van der Waals surface area contributed by atoms with Crippen LogP contribution in [0.15, 0.2) is 12.2 Å². The first-order valence-electron chi connectivity index (χ1n) is 31.0. The van der Waals surface area contributed by atoms with E-state index in [9.17, 15) is 19.4 Å². The number of allylic oxidation sites excluding steroid dienone is 2. The van der Waals surface area contributed by atoms with E-state index in [4.69, 9.17) is 9.05 Å². The monoisotopic (exact) mass is 1010 g/mol. The van der Waals surface area contributed by atoms with Gasteiger partial charge in [-0.3, -0.25) is 9.36 Å². The number of amides is 1. The number of rotatable bonds is 58. The third-order valence-electron chi connectivity index (χ3n) is 14.5. The average molecular weight is 1010 g/mol. The molecule has 0 saturated carbocycles. The molecular weight excluding hydrogens is 888 g/mol. The summed E-state index contributed by atoms with van der Waals surface area (Å²) in [4.78, 5) is 25.6. The Kier molecular flexibility index (Phi) is 52.5. The van der Waals surface area contributed by atoms with Gasteiger partial charge in [-0.15, -0.1) is 0 Å². The van der Waals surface area contributed by atoms with Crippen molar-refractivity contribution in [2.45, 2.75) is 334 Å². The largest absolute Gasteiger partial charge is 0.756 e. The van der Waals surface area contributed by atoms with Gasteiger partial charge in [-0.1, -0.05) is 289 Å². The van der Waals surface area contributed by atoms with Crippen molar-refractivity contribution >= 4 is 13.7 Å². The molecule has 3 unspecified atom stereocenters. The second kappa shape index (κ2) is 53.1. The second-order valence-electron chi connectivity index (χ2n) is 22.8. The van der Waals surface area contributed by atoms with E-state index in [-0.39, 0.29) is 19.1 Å². The number of quaternary nitrogens is 1. The second-order valence-corrected chi connectivity index (χ2v) is 24.2. The van der Waals surface area contributed by atoms with E-state index >= 15 is 0 Å². The fourth-order valence-corrected chi connectivity index (χ4v) is 10.4. The fraction of sp³-hybridized carbons (Fsp3) is 0.951. The molecule has 418 valence electrons. The predicted molar refractivity (Wildman–Crippen MR) is 302 cm³/mol. The highest BCUT2D eigenvalue weighted by Gasteiger charge is 2.24. The molecule has 1 amide bonds. The number of likely N-dealkylation sites (N-methyl/N-ethyl adjacent to an activating group) is 1. The van der Waals surface area contributed by atoms with Gasteiger partial charge in [0.05, 0.1) is 39.9 Å². The Morgan fingerprint density at radius 1 is 0.486 bits per heavy atom. The molecule has 0 aromatic heterocycles. The predicted octanol–water partition coefficient (Wildman–Crippen LogP) is 18.4. The highest BCUT2D eigenvalue weighted by atomic mass is 31.2. The number of hydrogen-bond donors (Lipinski definition) is 2. The normalized spacial score (nSPS) is 13.9. The van der Waals surface area contributed by atoms with Crippen molar-refractivity contribution in [2.24, 2.45) is 0 Å². The molecule has 0 rings (SSSR count). The van der Waals surface area contributed by atoms with Crippen LogP contribution in [0.25, 0.3) is 0 Å². The minimum absolute atomic E-state index is 0.0139. The highest BCUT2D eigenvalue weighted by Crippen LogP contribution is 2.38. The Hall–Kier alpha value is -0.760. The number of phosphoric acid groups is 1. The number of nitrogens with zero attached hydrogens (tertiary/aromatic N) is 1. The first kappa shape index (κ1) is 69.2. The number of carbonyl (C=O) groups excluding carboxylic acids is 1. The molecule has 0 aromatic rings. The number of carbonyl (C=O) groups is 1. The summed E-state index contributed by atoms with van der Waals surface area (Å²) < 4.78 is 23.5.